The highest BCUT2D eigenvalue weighted by Gasteiger charge is 2.65. The molecule has 1 aliphatic carbocycles. The zero-order valence-corrected chi connectivity index (χ0v) is 15.4. The van der Waals surface area contributed by atoms with E-state index in [2.05, 4.69) is 15.6 Å². The molecule has 2 amide bonds. The zero-order valence-electron chi connectivity index (χ0n) is 14.7. The number of carbonyl (C=O) groups is 3. The van der Waals surface area contributed by atoms with Gasteiger partial charge in [-0.25, -0.2) is 0 Å². The fourth-order valence-electron chi connectivity index (χ4n) is 3.22. The largest absolute Gasteiger partial charge is 0.481 e. The van der Waals surface area contributed by atoms with Crippen LogP contribution in [0.25, 0.3) is 0 Å². The van der Waals surface area contributed by atoms with E-state index in [9.17, 15) is 19.5 Å². The highest BCUT2D eigenvalue weighted by molar-refractivity contribution is 6.34. The molecule has 1 aromatic heterocycles. The van der Waals surface area contributed by atoms with Gasteiger partial charge in [0.25, 0.3) is 5.91 Å². The first-order valence-electron chi connectivity index (χ1n) is 8.26. The van der Waals surface area contributed by atoms with Gasteiger partial charge >= 0.3 is 5.97 Å². The lowest BCUT2D eigenvalue weighted by molar-refractivity contribution is -0.140. The van der Waals surface area contributed by atoms with Gasteiger partial charge in [0, 0.05) is 11.9 Å². The predicted octanol–water partition coefficient (Wildman–Crippen LogP) is 3.28. The van der Waals surface area contributed by atoms with Crippen LogP contribution in [0, 0.1) is 17.3 Å². The monoisotopic (exact) mass is 387 g/mol. The number of benzene rings is 1. The molecule has 0 bridgehead atoms. The number of amides is 2. The Morgan fingerprint density at radius 3 is 2.41 bits per heavy atom. The Morgan fingerprint density at radius 2 is 1.85 bits per heavy atom. The number of hydrogen-bond donors (Lipinski definition) is 3. The highest BCUT2D eigenvalue weighted by atomic mass is 35.5. The van der Waals surface area contributed by atoms with Crippen LogP contribution in [0.5, 0.6) is 0 Å². The van der Waals surface area contributed by atoms with Crippen LogP contribution in [0.3, 0.4) is 0 Å². The van der Waals surface area contributed by atoms with Crippen molar-refractivity contribution in [2.24, 2.45) is 17.3 Å². The van der Waals surface area contributed by atoms with Gasteiger partial charge in [-0.1, -0.05) is 25.4 Å². The van der Waals surface area contributed by atoms with Gasteiger partial charge in [0.05, 0.1) is 34.3 Å². The molecule has 0 unspecified atom stereocenters. The number of nitrogens with one attached hydrogen (secondary N) is 2. The second kappa shape index (κ2) is 7.00. The summed E-state index contributed by atoms with van der Waals surface area (Å²) in [5, 5.41) is 14.7. The second-order valence-corrected chi connectivity index (χ2v) is 7.40. The summed E-state index contributed by atoms with van der Waals surface area (Å²) in [6.07, 6.45) is 3.10. The summed E-state index contributed by atoms with van der Waals surface area (Å²) in [4.78, 5) is 39.8. The lowest BCUT2D eigenvalue weighted by atomic mass is 10.1. The maximum atomic E-state index is 12.4. The molecule has 1 heterocycles. The van der Waals surface area contributed by atoms with Gasteiger partial charge in [-0.2, -0.15) is 0 Å². The lowest BCUT2D eigenvalue weighted by Gasteiger charge is -2.10. The number of carboxylic acids is 1. The molecule has 3 N–H and O–H groups in total. The van der Waals surface area contributed by atoms with Crippen molar-refractivity contribution in [2.45, 2.75) is 13.8 Å². The van der Waals surface area contributed by atoms with Crippen molar-refractivity contribution in [1.82, 2.24) is 4.98 Å². The summed E-state index contributed by atoms with van der Waals surface area (Å²) in [7, 11) is 0. The topological polar surface area (TPSA) is 108 Å². The van der Waals surface area contributed by atoms with E-state index in [0.717, 1.165) is 0 Å². The van der Waals surface area contributed by atoms with Crippen LogP contribution in [0.15, 0.2) is 42.7 Å². The van der Waals surface area contributed by atoms with Gasteiger partial charge in [-0.15, -0.1) is 0 Å². The highest BCUT2D eigenvalue weighted by Crippen LogP contribution is 2.58. The molecule has 1 aliphatic rings. The standard InChI is InChI=1S/C19H18ClN3O4/c1-19(2)14(15(19)18(26)27)17(25)22-10-5-6-12(13(20)8-10)16(24)23-11-4-3-7-21-9-11/h3-9,14-15H,1-2H3,(H,22,25)(H,23,24)(H,26,27)/t14-,15+/m0/s1. The number of nitrogens with zero attached hydrogens (tertiary/aromatic N) is 1. The molecule has 0 saturated heterocycles. The number of anilines is 2. The Balaban J connectivity index is 1.69. The van der Waals surface area contributed by atoms with Crippen molar-refractivity contribution in [3.63, 3.8) is 0 Å². The van der Waals surface area contributed by atoms with Crippen molar-refractivity contribution >= 4 is 40.8 Å². The van der Waals surface area contributed by atoms with E-state index in [1.165, 1.54) is 18.3 Å². The quantitative estimate of drug-likeness (QED) is 0.729. The van der Waals surface area contributed by atoms with Gasteiger partial charge in [-0.05, 0) is 35.7 Å². The van der Waals surface area contributed by atoms with Crippen molar-refractivity contribution in [3.8, 4) is 0 Å². The van der Waals surface area contributed by atoms with Crippen molar-refractivity contribution in [2.75, 3.05) is 10.6 Å². The Bertz CT molecular complexity index is 914. The molecule has 140 valence electrons. The molecule has 1 saturated carbocycles. The average molecular weight is 388 g/mol. The molecule has 1 fully saturated rings. The first kappa shape index (κ1) is 18.8. The number of hydrogen-bond acceptors (Lipinski definition) is 4. The van der Waals surface area contributed by atoms with Crippen LogP contribution >= 0.6 is 11.6 Å². The molecule has 0 aliphatic heterocycles. The predicted molar refractivity (Wildman–Crippen MR) is 101 cm³/mol. The van der Waals surface area contributed by atoms with Crippen LogP contribution < -0.4 is 10.6 Å². The maximum Gasteiger partial charge on any atom is 0.307 e. The molecular weight excluding hydrogens is 370 g/mol. The second-order valence-electron chi connectivity index (χ2n) is 6.99. The summed E-state index contributed by atoms with van der Waals surface area (Å²) in [5.74, 6) is -3.09. The molecule has 1 aromatic carbocycles. The Hall–Kier alpha value is -2.93. The fraction of sp³-hybridized carbons (Fsp3) is 0.263. The summed E-state index contributed by atoms with van der Waals surface area (Å²) in [5.41, 5.74) is 0.582. The Labute approximate surface area is 160 Å². The summed E-state index contributed by atoms with van der Waals surface area (Å²) in [6, 6.07) is 7.90. The van der Waals surface area contributed by atoms with Crippen molar-refractivity contribution in [3.05, 3.63) is 53.3 Å². The third-order valence-electron chi connectivity index (χ3n) is 4.78. The third-order valence-corrected chi connectivity index (χ3v) is 5.09. The molecule has 8 heteroatoms. The van der Waals surface area contributed by atoms with Crippen molar-refractivity contribution < 1.29 is 19.5 Å². The Morgan fingerprint density at radius 1 is 1.11 bits per heavy atom. The van der Waals surface area contributed by atoms with Gasteiger partial charge in [0.15, 0.2) is 0 Å². The third kappa shape index (κ3) is 3.78. The molecular formula is C19H18ClN3O4. The van der Waals surface area contributed by atoms with Gasteiger partial charge in [-0.3, -0.25) is 19.4 Å². The number of aliphatic carboxylic acids is 1. The van der Waals surface area contributed by atoms with E-state index in [1.54, 1.807) is 38.2 Å². The lowest BCUT2D eigenvalue weighted by Crippen LogP contribution is -2.18. The van der Waals surface area contributed by atoms with Crippen LogP contribution in [0.2, 0.25) is 5.02 Å². The minimum Gasteiger partial charge on any atom is -0.481 e. The molecule has 2 atom stereocenters. The van der Waals surface area contributed by atoms with Crippen LogP contribution in [-0.4, -0.2) is 27.9 Å². The van der Waals surface area contributed by atoms with Gasteiger partial charge < -0.3 is 15.7 Å². The molecule has 0 spiro atoms. The SMILES string of the molecule is CC1(C)[C@H](C(=O)Nc2ccc(C(=O)Nc3cccnc3)c(Cl)c2)[C@@H]1C(=O)O. The number of pyridine rings is 1. The number of rotatable bonds is 5. The first-order valence-corrected chi connectivity index (χ1v) is 8.64. The van der Waals surface area contributed by atoms with E-state index in [0.29, 0.717) is 11.4 Å². The zero-order chi connectivity index (χ0) is 19.8. The van der Waals surface area contributed by atoms with E-state index >= 15 is 0 Å². The number of carboxylic acid groups (broad SMARTS) is 1. The summed E-state index contributed by atoms with van der Waals surface area (Å²) >= 11 is 6.18. The molecule has 3 rings (SSSR count). The molecule has 2 aromatic rings. The van der Waals surface area contributed by atoms with Gasteiger partial charge in [0.1, 0.15) is 0 Å². The fourth-order valence-corrected chi connectivity index (χ4v) is 3.49. The van der Waals surface area contributed by atoms with Crippen molar-refractivity contribution in [1.29, 1.82) is 0 Å². The molecule has 7 nitrogen and oxygen atoms in total. The average Bonchev–Trinajstić information content (AvgIpc) is 3.18. The van der Waals surface area contributed by atoms with Crippen LogP contribution in [-0.2, 0) is 9.59 Å². The minimum atomic E-state index is -0.986. The smallest absolute Gasteiger partial charge is 0.307 e. The number of halogens is 1. The van der Waals surface area contributed by atoms with E-state index in [4.69, 9.17) is 11.6 Å². The number of aromatic nitrogens is 1. The van der Waals surface area contributed by atoms with E-state index < -0.39 is 29.1 Å². The van der Waals surface area contributed by atoms with Crippen LogP contribution in [0.4, 0.5) is 11.4 Å². The van der Waals surface area contributed by atoms with Gasteiger partial charge in [0.2, 0.25) is 5.91 Å². The summed E-state index contributed by atoms with van der Waals surface area (Å²) < 4.78 is 0. The molecule has 27 heavy (non-hydrogen) atoms. The Kier molecular flexibility index (Phi) is 4.89. The summed E-state index contributed by atoms with van der Waals surface area (Å²) in [6.45, 7) is 3.49. The van der Waals surface area contributed by atoms with E-state index in [-0.39, 0.29) is 16.5 Å². The normalized spacial score (nSPS) is 19.8. The minimum absolute atomic E-state index is 0.166. The van der Waals surface area contributed by atoms with Crippen LogP contribution in [0.1, 0.15) is 24.2 Å². The maximum absolute atomic E-state index is 12.4. The molecule has 0 radical (unpaired) electrons. The first-order chi connectivity index (χ1) is 12.7. The number of carbonyl (C=O) groups excluding carboxylic acids is 2. The van der Waals surface area contributed by atoms with E-state index in [1.807, 2.05) is 0 Å².